The molecule has 0 aliphatic rings. The fourth-order valence-electron chi connectivity index (χ4n) is 1.59. The highest BCUT2D eigenvalue weighted by Crippen LogP contribution is 2.25. The maximum absolute atomic E-state index is 11.1. The topological polar surface area (TPSA) is 66.8 Å². The summed E-state index contributed by atoms with van der Waals surface area (Å²) in [6, 6.07) is 4.10. The minimum atomic E-state index is -0.0619. The average molecular weight is 360 g/mol. The molecule has 0 saturated carbocycles. The van der Waals surface area contributed by atoms with E-state index in [0.717, 1.165) is 11.5 Å². The van der Waals surface area contributed by atoms with E-state index in [-0.39, 0.29) is 17.3 Å². The molecule has 0 radical (unpaired) electrons. The van der Waals surface area contributed by atoms with E-state index in [0.29, 0.717) is 24.4 Å². The van der Waals surface area contributed by atoms with Gasteiger partial charge < -0.3 is 14.9 Å². The van der Waals surface area contributed by atoms with E-state index in [9.17, 15) is 15.0 Å². The van der Waals surface area contributed by atoms with Crippen molar-refractivity contribution in [3.8, 4) is 17.2 Å². The quantitative estimate of drug-likeness (QED) is 0.470. The summed E-state index contributed by atoms with van der Waals surface area (Å²) >= 11 is 0. The van der Waals surface area contributed by atoms with Gasteiger partial charge in [0.25, 0.3) is 0 Å². The number of carbonyl (C=O) groups is 1. The lowest BCUT2D eigenvalue weighted by Crippen LogP contribution is -1.98. The zero-order valence-electron chi connectivity index (χ0n) is 16.6. The second kappa shape index (κ2) is 12.8. The standard InChI is InChI=1S/C17H20O4.C5H12/c1-4-14(6-5-12(2)13(3)18)7-8-21-17-10-15(19)9-16(20)11-17;1-4-5(2)3/h4-6,9-11,19-20H,2,7-8H2,1,3H3;5H,4H2,1-3H3/b6-5-,14-4+;. The SMILES string of the molecule is C=C(/C=C\C(=C/C)CCOc1cc(O)cc(O)c1)C(C)=O.CCC(C)C. The van der Waals surface area contributed by atoms with Gasteiger partial charge in [0.2, 0.25) is 0 Å². The third kappa shape index (κ3) is 11.1. The van der Waals surface area contributed by atoms with E-state index < -0.39 is 0 Å². The number of carbonyl (C=O) groups excluding carboxylic acids is 1. The van der Waals surface area contributed by atoms with Crippen molar-refractivity contribution in [2.45, 2.75) is 47.5 Å². The number of benzene rings is 1. The highest BCUT2D eigenvalue weighted by Gasteiger charge is 2.01. The number of ketones is 1. The van der Waals surface area contributed by atoms with Gasteiger partial charge in [0.05, 0.1) is 6.61 Å². The number of phenols is 2. The summed E-state index contributed by atoms with van der Waals surface area (Å²) in [5.41, 5.74) is 1.45. The lowest BCUT2D eigenvalue weighted by atomic mass is 10.1. The Morgan fingerprint density at radius 2 is 1.73 bits per heavy atom. The molecular weight excluding hydrogens is 328 g/mol. The molecule has 0 fully saturated rings. The summed E-state index contributed by atoms with van der Waals surface area (Å²) in [6.45, 7) is 14.1. The molecule has 0 amide bonds. The number of phenolic OH excluding ortho intramolecular Hbond substituents is 2. The smallest absolute Gasteiger partial charge is 0.159 e. The molecule has 0 aliphatic heterocycles. The Morgan fingerprint density at radius 1 is 1.19 bits per heavy atom. The minimum Gasteiger partial charge on any atom is -0.508 e. The number of aromatic hydroxyl groups is 2. The summed E-state index contributed by atoms with van der Waals surface area (Å²) in [5.74, 6) is 1.13. The van der Waals surface area contributed by atoms with E-state index in [2.05, 4.69) is 27.4 Å². The molecule has 1 aromatic carbocycles. The highest BCUT2D eigenvalue weighted by molar-refractivity contribution is 5.95. The molecule has 0 saturated heterocycles. The molecule has 0 heterocycles. The molecule has 2 N–H and O–H groups in total. The largest absolute Gasteiger partial charge is 0.508 e. The molecule has 1 aromatic rings. The van der Waals surface area contributed by atoms with Crippen LogP contribution in [0.5, 0.6) is 17.2 Å². The maximum atomic E-state index is 11.1. The molecule has 26 heavy (non-hydrogen) atoms. The zero-order valence-corrected chi connectivity index (χ0v) is 16.6. The summed E-state index contributed by atoms with van der Waals surface area (Å²) in [6.07, 6.45) is 7.37. The number of Topliss-reactive ketones (excluding diaryl/α,β-unsaturated/α-hetero) is 1. The first-order chi connectivity index (χ1) is 12.2. The number of hydrogen-bond acceptors (Lipinski definition) is 4. The first-order valence-electron chi connectivity index (χ1n) is 8.88. The van der Waals surface area contributed by atoms with Gasteiger partial charge in [-0.2, -0.15) is 0 Å². The summed E-state index contributed by atoms with van der Waals surface area (Å²) in [5, 5.41) is 18.7. The van der Waals surface area contributed by atoms with E-state index in [1.165, 1.54) is 31.5 Å². The van der Waals surface area contributed by atoms with E-state index in [1.807, 2.05) is 19.1 Å². The molecule has 0 spiro atoms. The highest BCUT2D eigenvalue weighted by atomic mass is 16.5. The van der Waals surface area contributed by atoms with Crippen molar-refractivity contribution >= 4 is 5.78 Å². The van der Waals surface area contributed by atoms with E-state index in [4.69, 9.17) is 4.74 Å². The van der Waals surface area contributed by atoms with Gasteiger partial charge in [-0.05, 0) is 25.3 Å². The van der Waals surface area contributed by atoms with Crippen molar-refractivity contribution in [2.75, 3.05) is 6.61 Å². The lowest BCUT2D eigenvalue weighted by molar-refractivity contribution is -0.113. The molecular formula is C22H32O4. The van der Waals surface area contributed by atoms with Crippen LogP contribution in [0.4, 0.5) is 0 Å². The van der Waals surface area contributed by atoms with E-state index >= 15 is 0 Å². The van der Waals surface area contributed by atoms with Crippen LogP contribution in [0.15, 0.2) is 54.2 Å². The van der Waals surface area contributed by atoms with Gasteiger partial charge >= 0.3 is 0 Å². The Kier molecular flexibility index (Phi) is 11.6. The number of rotatable bonds is 8. The molecule has 0 aromatic heterocycles. The molecule has 4 heteroatoms. The molecule has 4 nitrogen and oxygen atoms in total. The van der Waals surface area contributed by atoms with Gasteiger partial charge in [-0.25, -0.2) is 0 Å². The Hall–Kier alpha value is -2.49. The van der Waals surface area contributed by atoms with Crippen LogP contribution in [0.2, 0.25) is 0 Å². The summed E-state index contributed by atoms with van der Waals surface area (Å²) < 4.78 is 5.47. The van der Waals surface area contributed by atoms with Crippen LogP contribution >= 0.6 is 0 Å². The molecule has 0 aliphatic carbocycles. The Balaban J connectivity index is 0.00000110. The normalized spacial score (nSPS) is 11.2. The van der Waals surface area contributed by atoms with Crippen LogP contribution < -0.4 is 4.74 Å². The Bertz CT molecular complexity index is 619. The van der Waals surface area contributed by atoms with Crippen molar-refractivity contribution in [1.29, 1.82) is 0 Å². The van der Waals surface area contributed by atoms with Crippen molar-refractivity contribution in [3.63, 3.8) is 0 Å². The lowest BCUT2D eigenvalue weighted by Gasteiger charge is -2.07. The number of allylic oxidation sites excluding steroid dienone is 4. The second-order valence-corrected chi connectivity index (χ2v) is 6.36. The first kappa shape index (κ1) is 23.5. The van der Waals surface area contributed by atoms with Crippen LogP contribution in [0.25, 0.3) is 0 Å². The van der Waals surface area contributed by atoms with Crippen LogP contribution in [0.3, 0.4) is 0 Å². The fourth-order valence-corrected chi connectivity index (χ4v) is 1.59. The third-order valence-electron chi connectivity index (χ3n) is 3.67. The van der Waals surface area contributed by atoms with Crippen molar-refractivity contribution < 1.29 is 19.7 Å². The van der Waals surface area contributed by atoms with Crippen molar-refractivity contribution in [3.05, 3.63) is 54.2 Å². The predicted octanol–water partition coefficient (Wildman–Crippen LogP) is 5.57. The van der Waals surface area contributed by atoms with Crippen molar-refractivity contribution in [1.82, 2.24) is 0 Å². The molecule has 0 unspecified atom stereocenters. The number of ether oxygens (including phenoxy) is 1. The average Bonchev–Trinajstić information content (AvgIpc) is 2.57. The molecule has 0 bridgehead atoms. The first-order valence-corrected chi connectivity index (χ1v) is 8.88. The number of hydrogen-bond donors (Lipinski definition) is 2. The van der Waals surface area contributed by atoms with Crippen LogP contribution in [0.1, 0.15) is 47.5 Å². The maximum Gasteiger partial charge on any atom is 0.159 e. The zero-order chi connectivity index (χ0) is 20.1. The molecule has 144 valence electrons. The monoisotopic (exact) mass is 360 g/mol. The Morgan fingerprint density at radius 3 is 2.15 bits per heavy atom. The third-order valence-corrected chi connectivity index (χ3v) is 3.67. The van der Waals surface area contributed by atoms with Crippen molar-refractivity contribution in [2.24, 2.45) is 5.92 Å². The van der Waals surface area contributed by atoms with Gasteiger partial charge in [0.15, 0.2) is 5.78 Å². The van der Waals surface area contributed by atoms with Gasteiger partial charge in [-0.1, -0.05) is 52.0 Å². The van der Waals surface area contributed by atoms with Crippen LogP contribution in [0, 0.1) is 5.92 Å². The fraction of sp³-hybridized carbons (Fsp3) is 0.409. The van der Waals surface area contributed by atoms with Gasteiger partial charge in [0, 0.05) is 30.2 Å². The van der Waals surface area contributed by atoms with Gasteiger partial charge in [0.1, 0.15) is 17.2 Å². The van der Waals surface area contributed by atoms with Crippen LogP contribution in [-0.4, -0.2) is 22.6 Å². The van der Waals surface area contributed by atoms with Gasteiger partial charge in [-0.3, -0.25) is 4.79 Å². The van der Waals surface area contributed by atoms with E-state index in [1.54, 1.807) is 6.08 Å². The second-order valence-electron chi connectivity index (χ2n) is 6.36. The summed E-state index contributed by atoms with van der Waals surface area (Å²) in [7, 11) is 0. The molecule has 1 rings (SSSR count). The van der Waals surface area contributed by atoms with Gasteiger partial charge in [-0.15, -0.1) is 0 Å². The van der Waals surface area contributed by atoms with Crippen LogP contribution in [-0.2, 0) is 4.79 Å². The predicted molar refractivity (Wildman–Crippen MR) is 108 cm³/mol. The minimum absolute atomic E-state index is 0.0473. The molecule has 0 atom stereocenters. The summed E-state index contributed by atoms with van der Waals surface area (Å²) in [4.78, 5) is 11.1. The Labute approximate surface area is 157 Å².